The summed E-state index contributed by atoms with van der Waals surface area (Å²) < 4.78 is 27.9. The standard InChI is InChI=1S/C18H12F2O2/c19-14-7-3-1-5-11(14)12-9-10-16(21)17(18(12)22)13-6-2-4-8-15(13)20/h1-10,21-22H. The van der Waals surface area contributed by atoms with Gasteiger partial charge in [0.05, 0.1) is 5.56 Å². The molecule has 0 aliphatic rings. The quantitative estimate of drug-likeness (QED) is 0.719. The van der Waals surface area contributed by atoms with Crippen LogP contribution < -0.4 is 0 Å². The first-order valence-electron chi connectivity index (χ1n) is 6.64. The fourth-order valence-corrected chi connectivity index (χ4v) is 2.41. The van der Waals surface area contributed by atoms with Crippen LogP contribution in [-0.2, 0) is 0 Å². The molecular formula is C18H12F2O2. The van der Waals surface area contributed by atoms with Crippen molar-refractivity contribution in [2.45, 2.75) is 0 Å². The highest BCUT2D eigenvalue weighted by Gasteiger charge is 2.19. The maximum atomic E-state index is 14.0. The van der Waals surface area contributed by atoms with Crippen molar-refractivity contribution in [2.24, 2.45) is 0 Å². The average Bonchev–Trinajstić information content (AvgIpc) is 2.50. The normalized spacial score (nSPS) is 10.6. The predicted molar refractivity (Wildman–Crippen MR) is 80.6 cm³/mol. The van der Waals surface area contributed by atoms with Crippen LogP contribution >= 0.6 is 0 Å². The first-order chi connectivity index (χ1) is 10.6. The van der Waals surface area contributed by atoms with E-state index in [-0.39, 0.29) is 33.8 Å². The summed E-state index contributed by atoms with van der Waals surface area (Å²) in [6, 6.07) is 14.4. The van der Waals surface area contributed by atoms with E-state index in [1.165, 1.54) is 48.5 Å². The van der Waals surface area contributed by atoms with Crippen molar-refractivity contribution in [2.75, 3.05) is 0 Å². The lowest BCUT2D eigenvalue weighted by molar-refractivity contribution is 0.454. The summed E-state index contributed by atoms with van der Waals surface area (Å²) in [6.07, 6.45) is 0. The van der Waals surface area contributed by atoms with Gasteiger partial charge in [-0.15, -0.1) is 0 Å². The highest BCUT2D eigenvalue weighted by atomic mass is 19.1. The first kappa shape index (κ1) is 14.1. The maximum absolute atomic E-state index is 14.0. The fourth-order valence-electron chi connectivity index (χ4n) is 2.41. The Morgan fingerprint density at radius 3 is 1.73 bits per heavy atom. The van der Waals surface area contributed by atoms with Gasteiger partial charge in [0.15, 0.2) is 0 Å². The Labute approximate surface area is 125 Å². The summed E-state index contributed by atoms with van der Waals surface area (Å²) >= 11 is 0. The molecular weight excluding hydrogens is 286 g/mol. The molecule has 110 valence electrons. The maximum Gasteiger partial charge on any atom is 0.135 e. The van der Waals surface area contributed by atoms with Crippen molar-refractivity contribution < 1.29 is 19.0 Å². The monoisotopic (exact) mass is 298 g/mol. The Balaban J connectivity index is 2.28. The fraction of sp³-hybridized carbons (Fsp3) is 0. The molecule has 3 rings (SSSR count). The molecule has 3 aromatic carbocycles. The van der Waals surface area contributed by atoms with Crippen LogP contribution in [-0.4, -0.2) is 10.2 Å². The lowest BCUT2D eigenvalue weighted by Crippen LogP contribution is -1.90. The zero-order chi connectivity index (χ0) is 15.7. The van der Waals surface area contributed by atoms with E-state index in [1.807, 2.05) is 0 Å². The smallest absolute Gasteiger partial charge is 0.135 e. The molecule has 0 saturated carbocycles. The van der Waals surface area contributed by atoms with Gasteiger partial charge in [0.1, 0.15) is 23.1 Å². The van der Waals surface area contributed by atoms with Gasteiger partial charge in [0.2, 0.25) is 0 Å². The second-order valence-electron chi connectivity index (χ2n) is 4.82. The second kappa shape index (κ2) is 5.48. The lowest BCUT2D eigenvalue weighted by Gasteiger charge is -2.13. The number of hydrogen-bond acceptors (Lipinski definition) is 2. The molecule has 0 aromatic heterocycles. The highest BCUT2D eigenvalue weighted by molar-refractivity contribution is 5.86. The molecule has 3 aromatic rings. The Hall–Kier alpha value is -2.88. The van der Waals surface area contributed by atoms with Gasteiger partial charge >= 0.3 is 0 Å². The molecule has 0 fully saturated rings. The summed E-state index contributed by atoms with van der Waals surface area (Å²) in [6.45, 7) is 0. The third-order valence-corrected chi connectivity index (χ3v) is 3.46. The molecule has 0 radical (unpaired) electrons. The minimum Gasteiger partial charge on any atom is -0.507 e. The molecule has 0 aliphatic heterocycles. The number of aromatic hydroxyl groups is 2. The Morgan fingerprint density at radius 2 is 1.14 bits per heavy atom. The van der Waals surface area contributed by atoms with Crippen molar-refractivity contribution in [3.05, 3.63) is 72.3 Å². The summed E-state index contributed by atoms with van der Waals surface area (Å²) in [7, 11) is 0. The zero-order valence-electron chi connectivity index (χ0n) is 11.4. The van der Waals surface area contributed by atoms with Gasteiger partial charge in [-0.1, -0.05) is 36.4 Å². The largest absolute Gasteiger partial charge is 0.507 e. The van der Waals surface area contributed by atoms with Gasteiger partial charge in [-0.05, 0) is 24.3 Å². The molecule has 2 nitrogen and oxygen atoms in total. The molecule has 0 amide bonds. The van der Waals surface area contributed by atoms with Crippen LogP contribution in [0.15, 0.2) is 60.7 Å². The average molecular weight is 298 g/mol. The molecule has 0 aliphatic carbocycles. The molecule has 0 spiro atoms. The Kier molecular flexibility index (Phi) is 3.51. The number of halogens is 2. The van der Waals surface area contributed by atoms with Gasteiger partial charge in [-0.25, -0.2) is 8.78 Å². The predicted octanol–water partition coefficient (Wildman–Crippen LogP) is 4.71. The Morgan fingerprint density at radius 1 is 0.591 bits per heavy atom. The van der Waals surface area contributed by atoms with E-state index in [0.29, 0.717) is 0 Å². The number of rotatable bonds is 2. The molecule has 4 heteroatoms. The van der Waals surface area contributed by atoms with E-state index in [0.717, 1.165) is 0 Å². The van der Waals surface area contributed by atoms with E-state index in [9.17, 15) is 19.0 Å². The van der Waals surface area contributed by atoms with Crippen molar-refractivity contribution >= 4 is 0 Å². The zero-order valence-corrected chi connectivity index (χ0v) is 11.4. The van der Waals surface area contributed by atoms with Crippen LogP contribution in [0.25, 0.3) is 22.3 Å². The summed E-state index contributed by atoms with van der Waals surface area (Å²) in [5.41, 5.74) is 0.362. The van der Waals surface area contributed by atoms with Gasteiger partial charge in [0, 0.05) is 16.7 Å². The number of phenols is 2. The van der Waals surface area contributed by atoms with Crippen LogP contribution in [0.4, 0.5) is 8.78 Å². The van der Waals surface area contributed by atoms with Gasteiger partial charge in [0.25, 0.3) is 0 Å². The molecule has 22 heavy (non-hydrogen) atoms. The van der Waals surface area contributed by atoms with Gasteiger partial charge in [-0.3, -0.25) is 0 Å². The first-order valence-corrected chi connectivity index (χ1v) is 6.64. The second-order valence-corrected chi connectivity index (χ2v) is 4.82. The van der Waals surface area contributed by atoms with Crippen molar-refractivity contribution in [3.8, 4) is 33.8 Å². The molecule has 0 unspecified atom stereocenters. The van der Waals surface area contributed by atoms with Crippen LogP contribution in [0.1, 0.15) is 0 Å². The third-order valence-electron chi connectivity index (χ3n) is 3.46. The molecule has 0 saturated heterocycles. The number of benzene rings is 3. The summed E-state index contributed by atoms with van der Waals surface area (Å²) in [5.74, 6) is -1.74. The van der Waals surface area contributed by atoms with Crippen molar-refractivity contribution in [1.29, 1.82) is 0 Å². The van der Waals surface area contributed by atoms with Gasteiger partial charge < -0.3 is 10.2 Å². The summed E-state index contributed by atoms with van der Waals surface area (Å²) in [5, 5.41) is 20.4. The highest BCUT2D eigenvalue weighted by Crippen LogP contribution is 2.44. The van der Waals surface area contributed by atoms with Crippen LogP contribution in [0.3, 0.4) is 0 Å². The third kappa shape index (κ3) is 2.29. The van der Waals surface area contributed by atoms with E-state index in [4.69, 9.17) is 0 Å². The molecule has 0 bridgehead atoms. The summed E-state index contributed by atoms with van der Waals surface area (Å²) in [4.78, 5) is 0. The SMILES string of the molecule is Oc1ccc(-c2ccccc2F)c(O)c1-c1ccccc1F. The van der Waals surface area contributed by atoms with Crippen LogP contribution in [0, 0.1) is 11.6 Å². The molecule has 0 heterocycles. The van der Waals surface area contributed by atoms with Crippen LogP contribution in [0.5, 0.6) is 11.5 Å². The van der Waals surface area contributed by atoms with Gasteiger partial charge in [-0.2, -0.15) is 0 Å². The Bertz CT molecular complexity index is 844. The minimum atomic E-state index is -0.584. The number of phenolic OH excluding ortho intramolecular Hbond substituents is 2. The van der Waals surface area contributed by atoms with Crippen molar-refractivity contribution in [3.63, 3.8) is 0 Å². The van der Waals surface area contributed by atoms with Crippen LogP contribution in [0.2, 0.25) is 0 Å². The van der Waals surface area contributed by atoms with E-state index in [2.05, 4.69) is 0 Å². The number of hydrogen-bond donors (Lipinski definition) is 2. The minimum absolute atomic E-state index is 0.0516. The van der Waals surface area contributed by atoms with E-state index >= 15 is 0 Å². The van der Waals surface area contributed by atoms with E-state index in [1.54, 1.807) is 12.1 Å². The lowest BCUT2D eigenvalue weighted by atomic mass is 9.96. The molecule has 2 N–H and O–H groups in total. The van der Waals surface area contributed by atoms with Crippen molar-refractivity contribution in [1.82, 2.24) is 0 Å². The van der Waals surface area contributed by atoms with E-state index < -0.39 is 11.6 Å². The topological polar surface area (TPSA) is 40.5 Å². The molecule has 0 atom stereocenters.